The van der Waals surface area contributed by atoms with Gasteiger partial charge < -0.3 is 19.7 Å². The lowest BCUT2D eigenvalue weighted by Crippen LogP contribution is -2.46. The quantitative estimate of drug-likeness (QED) is 0.396. The fraction of sp³-hybridized carbons (Fsp3) is 0.467. The second kappa shape index (κ2) is 8.77. The van der Waals surface area contributed by atoms with Crippen molar-refractivity contribution in [2.45, 2.75) is 88.0 Å². The van der Waals surface area contributed by atoms with Gasteiger partial charge in [-0.2, -0.15) is 0 Å². The minimum Gasteiger partial charge on any atom is -0.478 e. The van der Waals surface area contributed by atoms with Crippen LogP contribution in [0.5, 0.6) is 0 Å². The summed E-state index contributed by atoms with van der Waals surface area (Å²) in [5, 5.41) is 9.20. The molecule has 4 fully saturated rings. The molecule has 2 atom stereocenters. The third kappa shape index (κ3) is 4.01. The molecule has 4 aliphatic rings. The van der Waals surface area contributed by atoms with Gasteiger partial charge in [0.2, 0.25) is 0 Å². The Balaban J connectivity index is 1.09. The molecule has 2 aliphatic heterocycles. The molecule has 2 bridgehead atoms. The van der Waals surface area contributed by atoms with E-state index in [2.05, 4.69) is 45.3 Å². The maximum absolute atomic E-state index is 11.2. The Hall–Kier alpha value is -3.12. The summed E-state index contributed by atoms with van der Waals surface area (Å²) >= 11 is 0. The van der Waals surface area contributed by atoms with Crippen molar-refractivity contribution in [2.24, 2.45) is 0 Å². The van der Waals surface area contributed by atoms with Crippen LogP contribution in [0.15, 0.2) is 48.8 Å². The number of H-pyrrole nitrogens is 1. The van der Waals surface area contributed by atoms with Gasteiger partial charge >= 0.3 is 5.97 Å². The Kier molecular flexibility index (Phi) is 5.38. The normalized spacial score (nSPS) is 25.3. The number of carboxylic acid groups (broad SMARTS) is 1. The van der Waals surface area contributed by atoms with E-state index in [9.17, 15) is 9.90 Å². The Morgan fingerprint density at radius 2 is 1.72 bits per heavy atom. The number of aromatic carboxylic acids is 1. The molecule has 2 saturated heterocycles. The zero-order valence-corrected chi connectivity index (χ0v) is 20.5. The molecule has 2 aliphatic carbocycles. The highest BCUT2D eigenvalue weighted by Gasteiger charge is 2.42. The highest BCUT2D eigenvalue weighted by Crippen LogP contribution is 2.48. The van der Waals surface area contributed by atoms with Crippen molar-refractivity contribution in [3.8, 4) is 11.1 Å². The van der Waals surface area contributed by atoms with Crippen molar-refractivity contribution in [1.29, 1.82) is 0 Å². The molecule has 2 N–H and O–H groups in total. The van der Waals surface area contributed by atoms with Crippen molar-refractivity contribution in [3.05, 3.63) is 71.2 Å². The highest BCUT2D eigenvalue weighted by atomic mass is 16.5. The largest absolute Gasteiger partial charge is 0.478 e. The molecule has 4 heterocycles. The van der Waals surface area contributed by atoms with E-state index in [1.807, 2.05) is 6.07 Å². The van der Waals surface area contributed by atoms with Crippen LogP contribution in [-0.2, 0) is 11.3 Å². The van der Waals surface area contributed by atoms with Gasteiger partial charge in [-0.25, -0.2) is 9.78 Å². The number of hydrogen-bond donors (Lipinski definition) is 2. The number of piperidine rings is 1. The summed E-state index contributed by atoms with van der Waals surface area (Å²) in [6.07, 6.45) is 13.4. The first-order valence-electron chi connectivity index (χ1n) is 13.5. The Bertz CT molecular complexity index is 1260. The number of fused-ring (bicyclic) bond motifs is 2. The summed E-state index contributed by atoms with van der Waals surface area (Å²) in [4.78, 5) is 21.7. The Morgan fingerprint density at radius 1 is 0.972 bits per heavy atom. The Labute approximate surface area is 211 Å². The fourth-order valence-electron chi connectivity index (χ4n) is 6.60. The number of pyridine rings is 1. The molecule has 2 aromatic heterocycles. The fourth-order valence-corrected chi connectivity index (χ4v) is 6.60. The second-order valence-electron chi connectivity index (χ2n) is 11.1. The number of aromatic nitrogens is 2. The number of nitrogens with zero attached hydrogens (tertiary/aromatic N) is 2. The van der Waals surface area contributed by atoms with Crippen molar-refractivity contribution < 1.29 is 14.6 Å². The van der Waals surface area contributed by atoms with Crippen molar-refractivity contribution >= 4 is 11.8 Å². The molecule has 36 heavy (non-hydrogen) atoms. The summed E-state index contributed by atoms with van der Waals surface area (Å²) in [5.41, 5.74) is 7.20. The molecular formula is C30H33N3O3. The van der Waals surface area contributed by atoms with Crippen LogP contribution in [0.1, 0.15) is 90.4 Å². The SMILES string of the molecule is O=C(O)c1ccc(N2C3CCC2CC(OCc2c(-c4ccccc4C4CC4)c[nH]c2C2CC2)C3)nc1. The smallest absolute Gasteiger partial charge is 0.337 e. The van der Waals surface area contributed by atoms with Gasteiger partial charge in [-0.1, -0.05) is 24.3 Å². The average molecular weight is 484 g/mol. The lowest BCUT2D eigenvalue weighted by Gasteiger charge is -2.39. The number of rotatable bonds is 8. The second-order valence-corrected chi connectivity index (χ2v) is 11.1. The molecule has 3 aromatic rings. The van der Waals surface area contributed by atoms with Crippen molar-refractivity contribution in [2.75, 3.05) is 4.90 Å². The highest BCUT2D eigenvalue weighted by molar-refractivity contribution is 5.87. The summed E-state index contributed by atoms with van der Waals surface area (Å²) in [7, 11) is 0. The third-order valence-corrected chi connectivity index (χ3v) is 8.69. The van der Waals surface area contributed by atoms with Crippen LogP contribution in [0.4, 0.5) is 5.82 Å². The van der Waals surface area contributed by atoms with Gasteiger partial charge in [0.15, 0.2) is 0 Å². The van der Waals surface area contributed by atoms with Gasteiger partial charge in [0.05, 0.1) is 18.3 Å². The van der Waals surface area contributed by atoms with E-state index >= 15 is 0 Å². The van der Waals surface area contributed by atoms with E-state index in [0.717, 1.165) is 31.5 Å². The van der Waals surface area contributed by atoms with Gasteiger partial charge in [-0.05, 0) is 86.5 Å². The van der Waals surface area contributed by atoms with E-state index in [-0.39, 0.29) is 11.7 Å². The Morgan fingerprint density at radius 3 is 2.39 bits per heavy atom. The van der Waals surface area contributed by atoms with Crippen LogP contribution < -0.4 is 4.90 Å². The summed E-state index contributed by atoms with van der Waals surface area (Å²) in [6.45, 7) is 0.666. The van der Waals surface area contributed by atoms with Crippen LogP contribution in [-0.4, -0.2) is 39.2 Å². The number of benzene rings is 1. The molecule has 186 valence electrons. The van der Waals surface area contributed by atoms with E-state index in [0.29, 0.717) is 30.5 Å². The molecule has 2 unspecified atom stereocenters. The van der Waals surface area contributed by atoms with Crippen LogP contribution in [0.2, 0.25) is 0 Å². The van der Waals surface area contributed by atoms with Crippen LogP contribution >= 0.6 is 0 Å². The maximum Gasteiger partial charge on any atom is 0.337 e. The third-order valence-electron chi connectivity index (χ3n) is 8.69. The number of anilines is 1. The van der Waals surface area contributed by atoms with E-state index in [1.54, 1.807) is 6.07 Å². The number of nitrogens with one attached hydrogen (secondary N) is 1. The number of carboxylic acids is 1. The molecule has 0 radical (unpaired) electrons. The minimum absolute atomic E-state index is 0.237. The van der Waals surface area contributed by atoms with E-state index < -0.39 is 5.97 Å². The van der Waals surface area contributed by atoms with Gasteiger partial charge in [0.1, 0.15) is 5.82 Å². The molecule has 0 spiro atoms. The molecule has 6 nitrogen and oxygen atoms in total. The van der Waals surface area contributed by atoms with Crippen molar-refractivity contribution in [3.63, 3.8) is 0 Å². The summed E-state index contributed by atoms with van der Waals surface area (Å²) < 4.78 is 6.69. The van der Waals surface area contributed by atoms with Crippen LogP contribution in [0.25, 0.3) is 11.1 Å². The first-order valence-corrected chi connectivity index (χ1v) is 13.5. The predicted octanol–water partition coefficient (Wildman–Crippen LogP) is 6.25. The molecule has 0 amide bonds. The molecule has 1 aromatic carbocycles. The summed E-state index contributed by atoms with van der Waals surface area (Å²) in [6, 6.07) is 13.3. The number of aromatic amines is 1. The maximum atomic E-state index is 11.2. The predicted molar refractivity (Wildman–Crippen MR) is 138 cm³/mol. The first kappa shape index (κ1) is 22.1. The van der Waals surface area contributed by atoms with Crippen LogP contribution in [0, 0.1) is 0 Å². The van der Waals surface area contributed by atoms with Gasteiger partial charge in [0.25, 0.3) is 0 Å². The minimum atomic E-state index is -0.932. The van der Waals surface area contributed by atoms with Crippen molar-refractivity contribution in [1.82, 2.24) is 9.97 Å². The molecule has 2 saturated carbocycles. The lowest BCUT2D eigenvalue weighted by molar-refractivity contribution is 0.0149. The zero-order valence-electron chi connectivity index (χ0n) is 20.5. The lowest BCUT2D eigenvalue weighted by atomic mass is 9.94. The van der Waals surface area contributed by atoms with Gasteiger partial charge in [0, 0.05) is 41.3 Å². The monoisotopic (exact) mass is 483 g/mol. The van der Waals surface area contributed by atoms with E-state index in [1.165, 1.54) is 59.8 Å². The molecular weight excluding hydrogens is 450 g/mol. The topological polar surface area (TPSA) is 78.5 Å². The number of carbonyl (C=O) groups is 1. The van der Waals surface area contributed by atoms with Gasteiger partial charge in [-0.15, -0.1) is 0 Å². The van der Waals surface area contributed by atoms with Gasteiger partial charge in [-0.3, -0.25) is 0 Å². The number of ether oxygens (including phenoxy) is 1. The standard InChI is InChI=1S/C30H33N3O3/c34-30(35)20-9-12-28(31-15-20)33-21-10-11-22(33)14-23(13-21)36-17-27-26(16-32-29(27)19-7-8-19)25-4-2-1-3-24(25)18-5-6-18/h1-4,9,12,15-16,18-19,21-23,32H,5-8,10-11,13-14,17H2,(H,34,35). The molecule has 6 heteroatoms. The number of hydrogen-bond acceptors (Lipinski definition) is 4. The first-order chi connectivity index (χ1) is 17.7. The molecule has 7 rings (SSSR count). The van der Waals surface area contributed by atoms with Crippen LogP contribution in [0.3, 0.4) is 0 Å². The summed E-state index contributed by atoms with van der Waals surface area (Å²) in [5.74, 6) is 1.33. The average Bonchev–Trinajstić information content (AvgIpc) is 3.83. The van der Waals surface area contributed by atoms with E-state index in [4.69, 9.17) is 4.74 Å². The zero-order chi connectivity index (χ0) is 24.2.